The van der Waals surface area contributed by atoms with Crippen LogP contribution >= 0.6 is 0 Å². The first-order chi connectivity index (χ1) is 6.18. The molecule has 0 spiro atoms. The summed E-state index contributed by atoms with van der Waals surface area (Å²) in [4.78, 5) is 11.5. The number of rotatable bonds is 2. The van der Waals surface area contributed by atoms with Crippen molar-refractivity contribution >= 4 is 11.5 Å². The minimum absolute atomic E-state index is 0.0477. The van der Waals surface area contributed by atoms with Gasteiger partial charge in [0.25, 0.3) is 0 Å². The zero-order valence-electron chi connectivity index (χ0n) is 7.09. The third kappa shape index (κ3) is 1.54. The lowest BCUT2D eigenvalue weighted by atomic mass is 10.1. The highest BCUT2D eigenvalue weighted by atomic mass is 19.1. The Morgan fingerprint density at radius 3 is 2.69 bits per heavy atom. The van der Waals surface area contributed by atoms with E-state index in [-0.39, 0.29) is 17.4 Å². The molecule has 0 aliphatic heterocycles. The van der Waals surface area contributed by atoms with Crippen molar-refractivity contribution in [3.63, 3.8) is 0 Å². The van der Waals surface area contributed by atoms with Gasteiger partial charge in [-0.1, -0.05) is 0 Å². The molecule has 1 aromatic carbocycles. The molecule has 3 heteroatoms. The van der Waals surface area contributed by atoms with Crippen LogP contribution in [0.15, 0.2) is 18.2 Å². The van der Waals surface area contributed by atoms with E-state index in [2.05, 4.69) is 0 Å². The lowest BCUT2D eigenvalue weighted by Crippen LogP contribution is -2.02. The highest BCUT2D eigenvalue weighted by molar-refractivity contribution is 5.99. The number of nitrogen functional groups attached to an aromatic ring is 1. The maximum atomic E-state index is 12.7. The molecule has 0 atom stereocenters. The SMILES string of the molecule is Nc1cc(C(=O)C2CC2)ccc1F. The molecule has 0 saturated heterocycles. The number of Topliss-reactive ketones (excluding diaryl/α,β-unsaturated/α-hetero) is 1. The van der Waals surface area contributed by atoms with Gasteiger partial charge in [0, 0.05) is 11.5 Å². The molecule has 68 valence electrons. The van der Waals surface area contributed by atoms with Crippen LogP contribution < -0.4 is 5.73 Å². The van der Waals surface area contributed by atoms with Gasteiger partial charge in [0.1, 0.15) is 5.82 Å². The summed E-state index contributed by atoms with van der Waals surface area (Å²) in [7, 11) is 0. The number of carbonyl (C=O) groups is 1. The standard InChI is InChI=1S/C10H10FNO/c11-8-4-3-7(5-9(8)12)10(13)6-1-2-6/h3-6H,1-2,12H2. The van der Waals surface area contributed by atoms with Crippen molar-refractivity contribution in [2.24, 2.45) is 5.92 Å². The number of benzene rings is 1. The predicted molar refractivity (Wildman–Crippen MR) is 47.9 cm³/mol. The molecule has 0 unspecified atom stereocenters. The molecule has 0 aromatic heterocycles. The van der Waals surface area contributed by atoms with Crippen molar-refractivity contribution < 1.29 is 9.18 Å². The molecule has 1 aliphatic carbocycles. The van der Waals surface area contributed by atoms with Gasteiger partial charge in [0.05, 0.1) is 5.69 Å². The third-order valence-electron chi connectivity index (χ3n) is 2.23. The number of ketones is 1. The monoisotopic (exact) mass is 179 g/mol. The molecular formula is C10H10FNO. The fourth-order valence-corrected chi connectivity index (χ4v) is 1.28. The van der Waals surface area contributed by atoms with Gasteiger partial charge in [-0.25, -0.2) is 4.39 Å². The first-order valence-corrected chi connectivity index (χ1v) is 4.27. The van der Waals surface area contributed by atoms with Gasteiger partial charge in [-0.15, -0.1) is 0 Å². The molecule has 1 fully saturated rings. The van der Waals surface area contributed by atoms with Gasteiger partial charge in [0.15, 0.2) is 5.78 Å². The van der Waals surface area contributed by atoms with Crippen molar-refractivity contribution in [3.8, 4) is 0 Å². The van der Waals surface area contributed by atoms with Crippen molar-refractivity contribution in [2.75, 3.05) is 5.73 Å². The molecule has 2 nitrogen and oxygen atoms in total. The molecule has 2 N–H and O–H groups in total. The normalized spacial score (nSPS) is 15.8. The highest BCUT2D eigenvalue weighted by Gasteiger charge is 2.30. The largest absolute Gasteiger partial charge is 0.396 e. The van der Waals surface area contributed by atoms with Gasteiger partial charge < -0.3 is 5.73 Å². The summed E-state index contributed by atoms with van der Waals surface area (Å²) in [6.07, 6.45) is 1.91. The summed E-state index contributed by atoms with van der Waals surface area (Å²) in [5, 5.41) is 0. The van der Waals surface area contributed by atoms with E-state index in [1.807, 2.05) is 0 Å². The average molecular weight is 179 g/mol. The maximum Gasteiger partial charge on any atom is 0.166 e. The Morgan fingerprint density at radius 2 is 2.15 bits per heavy atom. The average Bonchev–Trinajstić information content (AvgIpc) is 2.91. The zero-order valence-corrected chi connectivity index (χ0v) is 7.09. The van der Waals surface area contributed by atoms with E-state index >= 15 is 0 Å². The fraction of sp³-hybridized carbons (Fsp3) is 0.300. The number of nitrogens with two attached hydrogens (primary N) is 1. The van der Waals surface area contributed by atoms with Crippen molar-refractivity contribution in [1.29, 1.82) is 0 Å². The van der Waals surface area contributed by atoms with E-state index in [0.717, 1.165) is 12.8 Å². The predicted octanol–water partition coefficient (Wildman–Crippen LogP) is 2.00. The van der Waals surface area contributed by atoms with Gasteiger partial charge in [-0.05, 0) is 31.0 Å². The van der Waals surface area contributed by atoms with Crippen LogP contribution in [0, 0.1) is 11.7 Å². The van der Waals surface area contributed by atoms with Crippen LogP contribution in [-0.2, 0) is 0 Å². The van der Waals surface area contributed by atoms with E-state index in [9.17, 15) is 9.18 Å². The van der Waals surface area contributed by atoms with E-state index < -0.39 is 5.82 Å². The quantitative estimate of drug-likeness (QED) is 0.557. The summed E-state index contributed by atoms with van der Waals surface area (Å²) in [6.45, 7) is 0. The highest BCUT2D eigenvalue weighted by Crippen LogP contribution is 2.33. The van der Waals surface area contributed by atoms with Crippen molar-refractivity contribution in [2.45, 2.75) is 12.8 Å². The summed E-state index contributed by atoms with van der Waals surface area (Å²) >= 11 is 0. The van der Waals surface area contributed by atoms with Crippen LogP contribution in [0.4, 0.5) is 10.1 Å². The van der Waals surface area contributed by atoms with Crippen LogP contribution in [0.3, 0.4) is 0 Å². The van der Waals surface area contributed by atoms with Crippen LogP contribution in [0.25, 0.3) is 0 Å². The second-order valence-electron chi connectivity index (χ2n) is 3.37. The minimum Gasteiger partial charge on any atom is -0.396 e. The van der Waals surface area contributed by atoms with Gasteiger partial charge in [-0.2, -0.15) is 0 Å². The lowest BCUT2D eigenvalue weighted by Gasteiger charge is -2.00. The second kappa shape index (κ2) is 2.83. The number of hydrogen-bond donors (Lipinski definition) is 1. The maximum absolute atomic E-state index is 12.7. The molecular weight excluding hydrogens is 169 g/mol. The van der Waals surface area contributed by atoms with E-state index in [0.29, 0.717) is 5.56 Å². The molecule has 0 bridgehead atoms. The Hall–Kier alpha value is -1.38. The fourth-order valence-electron chi connectivity index (χ4n) is 1.28. The lowest BCUT2D eigenvalue weighted by molar-refractivity contribution is 0.0967. The summed E-state index contributed by atoms with van der Waals surface area (Å²) in [5.74, 6) is -0.219. The van der Waals surface area contributed by atoms with Crippen LogP contribution in [0.5, 0.6) is 0 Å². The molecule has 0 amide bonds. The van der Waals surface area contributed by atoms with Gasteiger partial charge in [0.2, 0.25) is 0 Å². The van der Waals surface area contributed by atoms with E-state index in [1.165, 1.54) is 18.2 Å². The Kier molecular flexibility index (Phi) is 1.79. The van der Waals surface area contributed by atoms with Gasteiger partial charge >= 0.3 is 0 Å². The van der Waals surface area contributed by atoms with Crippen molar-refractivity contribution in [1.82, 2.24) is 0 Å². The molecule has 1 saturated carbocycles. The first kappa shape index (κ1) is 8.23. The van der Waals surface area contributed by atoms with Crippen LogP contribution in [-0.4, -0.2) is 5.78 Å². The summed E-state index contributed by atoms with van der Waals surface area (Å²) in [6, 6.07) is 4.15. The van der Waals surface area contributed by atoms with Crippen molar-refractivity contribution in [3.05, 3.63) is 29.6 Å². The van der Waals surface area contributed by atoms with Gasteiger partial charge in [-0.3, -0.25) is 4.79 Å². The summed E-state index contributed by atoms with van der Waals surface area (Å²) < 4.78 is 12.7. The Balaban J connectivity index is 2.30. The van der Waals surface area contributed by atoms with Crippen LogP contribution in [0.1, 0.15) is 23.2 Å². The molecule has 0 radical (unpaired) electrons. The Labute approximate surface area is 75.6 Å². The molecule has 1 aliphatic rings. The van der Waals surface area contributed by atoms with Crippen LogP contribution in [0.2, 0.25) is 0 Å². The second-order valence-corrected chi connectivity index (χ2v) is 3.37. The molecule has 13 heavy (non-hydrogen) atoms. The first-order valence-electron chi connectivity index (χ1n) is 4.27. The smallest absolute Gasteiger partial charge is 0.166 e. The molecule has 2 rings (SSSR count). The topological polar surface area (TPSA) is 43.1 Å². The Bertz CT molecular complexity index is 358. The Morgan fingerprint density at radius 1 is 1.46 bits per heavy atom. The summed E-state index contributed by atoms with van der Waals surface area (Å²) in [5.41, 5.74) is 5.93. The number of anilines is 1. The molecule has 1 aromatic rings. The number of hydrogen-bond acceptors (Lipinski definition) is 2. The van der Waals surface area contributed by atoms with E-state index in [4.69, 9.17) is 5.73 Å². The zero-order chi connectivity index (χ0) is 9.42. The minimum atomic E-state index is -0.465. The number of halogens is 1. The number of carbonyl (C=O) groups excluding carboxylic acids is 1. The third-order valence-corrected chi connectivity index (χ3v) is 2.23. The molecule has 0 heterocycles. The van der Waals surface area contributed by atoms with E-state index in [1.54, 1.807) is 0 Å².